The molecule has 0 atom stereocenters. The van der Waals surface area contributed by atoms with E-state index in [4.69, 9.17) is 20.8 Å². The lowest BCUT2D eigenvalue weighted by atomic mass is 10.1. The fourth-order valence-electron chi connectivity index (χ4n) is 3.26. The highest BCUT2D eigenvalue weighted by Crippen LogP contribution is 2.40. The van der Waals surface area contributed by atoms with Gasteiger partial charge >= 0.3 is 0 Å². The van der Waals surface area contributed by atoms with E-state index in [-0.39, 0.29) is 17.9 Å². The van der Waals surface area contributed by atoms with E-state index in [9.17, 15) is 9.59 Å². The molecule has 4 rings (SSSR count). The lowest BCUT2D eigenvalue weighted by Crippen LogP contribution is -2.31. The zero-order valence-corrected chi connectivity index (χ0v) is 18.6. The Labute approximate surface area is 189 Å². The van der Waals surface area contributed by atoms with E-state index in [0.29, 0.717) is 38.3 Å². The topological polar surface area (TPSA) is 59.8 Å². The second-order valence-electron chi connectivity index (χ2n) is 7.19. The Balaban J connectivity index is 1.72. The molecule has 2 aromatic carbocycles. The highest BCUT2D eigenvalue weighted by molar-refractivity contribution is 8.03. The average Bonchev–Trinajstić information content (AvgIpc) is 3.33. The molecule has 158 valence electrons. The van der Waals surface area contributed by atoms with E-state index in [1.807, 2.05) is 19.9 Å². The van der Waals surface area contributed by atoms with Gasteiger partial charge in [-0.25, -0.2) is 4.90 Å². The monoisotopic (exact) mass is 453 g/mol. The minimum atomic E-state index is -0.383. The molecule has 5 nitrogen and oxygen atoms in total. The van der Waals surface area contributed by atoms with Crippen LogP contribution in [-0.2, 0) is 15.3 Å². The van der Waals surface area contributed by atoms with Gasteiger partial charge in [-0.05, 0) is 61.9 Å². The number of thioether (sulfide) groups is 1. The third-order valence-corrected chi connectivity index (χ3v) is 5.89. The number of rotatable bonds is 7. The molecule has 0 N–H and O–H groups in total. The van der Waals surface area contributed by atoms with Gasteiger partial charge in [-0.3, -0.25) is 9.59 Å². The largest absolute Gasteiger partial charge is 0.491 e. The number of halogens is 1. The van der Waals surface area contributed by atoms with Crippen LogP contribution < -0.4 is 9.64 Å². The van der Waals surface area contributed by atoms with Crippen LogP contribution in [0.4, 0.5) is 5.69 Å². The molecule has 2 heterocycles. The van der Waals surface area contributed by atoms with Gasteiger partial charge < -0.3 is 9.15 Å². The lowest BCUT2D eigenvalue weighted by Gasteiger charge is -2.15. The van der Waals surface area contributed by atoms with Crippen molar-refractivity contribution in [2.75, 3.05) is 4.90 Å². The molecule has 7 heteroatoms. The number of furan rings is 1. The van der Waals surface area contributed by atoms with E-state index in [1.165, 1.54) is 16.7 Å². The third kappa shape index (κ3) is 4.55. The molecular formula is C24H20ClNO4S. The molecule has 0 saturated heterocycles. The van der Waals surface area contributed by atoms with Crippen molar-refractivity contribution >= 4 is 46.4 Å². The number of benzene rings is 2. The summed E-state index contributed by atoms with van der Waals surface area (Å²) in [5, 5.41) is 0.450. The van der Waals surface area contributed by atoms with E-state index in [2.05, 4.69) is 0 Å². The van der Waals surface area contributed by atoms with Gasteiger partial charge in [0.1, 0.15) is 11.5 Å². The van der Waals surface area contributed by atoms with Crippen molar-refractivity contribution < 1.29 is 18.7 Å². The predicted octanol–water partition coefficient (Wildman–Crippen LogP) is 5.94. The highest BCUT2D eigenvalue weighted by atomic mass is 35.5. The van der Waals surface area contributed by atoms with Gasteiger partial charge in [0, 0.05) is 5.02 Å². The minimum Gasteiger partial charge on any atom is -0.491 e. The highest BCUT2D eigenvalue weighted by Gasteiger charge is 2.40. The summed E-state index contributed by atoms with van der Waals surface area (Å²) in [6, 6.07) is 17.5. The molecular weight excluding hydrogens is 434 g/mol. The van der Waals surface area contributed by atoms with Gasteiger partial charge in [0.05, 0.1) is 34.3 Å². The molecule has 2 amide bonds. The molecule has 0 saturated carbocycles. The summed E-state index contributed by atoms with van der Waals surface area (Å²) in [4.78, 5) is 28.3. The summed E-state index contributed by atoms with van der Waals surface area (Å²) in [5.74, 6) is 1.10. The number of amides is 2. The zero-order valence-electron chi connectivity index (χ0n) is 17.0. The maximum Gasteiger partial charge on any atom is 0.272 e. The molecule has 1 aliphatic rings. The van der Waals surface area contributed by atoms with Gasteiger partial charge in [-0.15, -0.1) is 11.8 Å². The Morgan fingerprint density at radius 3 is 2.45 bits per heavy atom. The van der Waals surface area contributed by atoms with Gasteiger partial charge in [0.25, 0.3) is 11.8 Å². The lowest BCUT2D eigenvalue weighted by molar-refractivity contribution is -0.119. The number of carbonyl (C=O) groups is 2. The summed E-state index contributed by atoms with van der Waals surface area (Å²) in [5.41, 5.74) is 1.45. The maximum atomic E-state index is 13.4. The summed E-state index contributed by atoms with van der Waals surface area (Å²) in [6.07, 6.45) is 1.62. The second kappa shape index (κ2) is 9.04. The first-order valence-electron chi connectivity index (χ1n) is 9.75. The van der Waals surface area contributed by atoms with E-state index in [0.717, 1.165) is 5.76 Å². The average molecular weight is 454 g/mol. The minimum absolute atomic E-state index is 0.0393. The summed E-state index contributed by atoms with van der Waals surface area (Å²) in [7, 11) is 0. The zero-order chi connectivity index (χ0) is 22.0. The quantitative estimate of drug-likeness (QED) is 0.414. The Morgan fingerprint density at radius 1 is 1.03 bits per heavy atom. The molecule has 0 bridgehead atoms. The van der Waals surface area contributed by atoms with Crippen molar-refractivity contribution in [3.05, 3.63) is 88.2 Å². The van der Waals surface area contributed by atoms with Gasteiger partial charge in [0.2, 0.25) is 0 Å². The summed E-state index contributed by atoms with van der Waals surface area (Å²) in [6.45, 7) is 3.89. The smallest absolute Gasteiger partial charge is 0.272 e. The molecule has 1 aliphatic heterocycles. The standard InChI is InChI=1S/C24H20ClNO4S/c1-15(2)30-19-10-8-16(9-11-19)21-22(31-14-20-7-4-12-29-20)24(28)26(23(21)27)18-6-3-5-17(25)13-18/h3-13,15H,14H2,1-2H3. The van der Waals surface area contributed by atoms with E-state index in [1.54, 1.807) is 60.9 Å². The number of imide groups is 1. The Morgan fingerprint density at radius 2 is 1.81 bits per heavy atom. The Hall–Kier alpha value is -2.96. The molecule has 0 radical (unpaired) electrons. The fraction of sp³-hybridized carbons (Fsp3) is 0.167. The first kappa shape index (κ1) is 21.3. The first-order valence-corrected chi connectivity index (χ1v) is 11.1. The van der Waals surface area contributed by atoms with Crippen molar-refractivity contribution in [3.8, 4) is 5.75 Å². The molecule has 0 spiro atoms. The van der Waals surface area contributed by atoms with Crippen LogP contribution >= 0.6 is 23.4 Å². The van der Waals surface area contributed by atoms with Crippen LogP contribution in [0.25, 0.3) is 5.57 Å². The number of nitrogens with zero attached hydrogens (tertiary/aromatic N) is 1. The molecule has 3 aromatic rings. The number of anilines is 1. The summed E-state index contributed by atoms with van der Waals surface area (Å²) >= 11 is 7.39. The van der Waals surface area contributed by atoms with Crippen LogP contribution in [0.2, 0.25) is 5.02 Å². The van der Waals surface area contributed by atoms with Crippen molar-refractivity contribution in [3.63, 3.8) is 0 Å². The molecule has 0 aliphatic carbocycles. The van der Waals surface area contributed by atoms with Crippen molar-refractivity contribution in [1.82, 2.24) is 0 Å². The van der Waals surface area contributed by atoms with Gasteiger partial charge in [0.15, 0.2) is 0 Å². The molecule has 1 aromatic heterocycles. The van der Waals surface area contributed by atoms with Crippen molar-refractivity contribution in [1.29, 1.82) is 0 Å². The third-order valence-electron chi connectivity index (χ3n) is 4.56. The maximum absolute atomic E-state index is 13.4. The molecule has 0 unspecified atom stereocenters. The van der Waals surface area contributed by atoms with Crippen LogP contribution in [0.1, 0.15) is 25.2 Å². The van der Waals surface area contributed by atoms with Crippen LogP contribution in [-0.4, -0.2) is 17.9 Å². The van der Waals surface area contributed by atoms with E-state index >= 15 is 0 Å². The fourth-order valence-corrected chi connectivity index (χ4v) is 4.46. The second-order valence-corrected chi connectivity index (χ2v) is 8.61. The first-order chi connectivity index (χ1) is 14.9. The number of ether oxygens (including phenoxy) is 1. The van der Waals surface area contributed by atoms with Crippen LogP contribution in [0.5, 0.6) is 5.75 Å². The van der Waals surface area contributed by atoms with Crippen molar-refractivity contribution in [2.24, 2.45) is 0 Å². The number of hydrogen-bond donors (Lipinski definition) is 0. The Bertz CT molecular complexity index is 1140. The van der Waals surface area contributed by atoms with E-state index < -0.39 is 0 Å². The normalized spacial score (nSPS) is 14.1. The molecule has 0 fully saturated rings. The van der Waals surface area contributed by atoms with Gasteiger partial charge in [-0.1, -0.05) is 29.8 Å². The van der Waals surface area contributed by atoms with Crippen LogP contribution in [0.3, 0.4) is 0 Å². The number of hydrogen-bond acceptors (Lipinski definition) is 5. The van der Waals surface area contributed by atoms with Gasteiger partial charge in [-0.2, -0.15) is 0 Å². The Kier molecular flexibility index (Phi) is 6.20. The predicted molar refractivity (Wildman–Crippen MR) is 123 cm³/mol. The van der Waals surface area contributed by atoms with Crippen molar-refractivity contribution in [2.45, 2.75) is 25.7 Å². The van der Waals surface area contributed by atoms with Crippen LogP contribution in [0, 0.1) is 0 Å². The van der Waals surface area contributed by atoms with Crippen LogP contribution in [0.15, 0.2) is 76.2 Å². The molecule has 31 heavy (non-hydrogen) atoms. The summed E-state index contributed by atoms with van der Waals surface area (Å²) < 4.78 is 11.1. The SMILES string of the molecule is CC(C)Oc1ccc(C2=C(SCc3ccco3)C(=O)N(c3cccc(Cl)c3)C2=O)cc1. The number of carbonyl (C=O) groups excluding carboxylic acids is 2.